The monoisotopic (exact) mass is 485 g/mol. The standard InChI is InChI=1S/C28H28FN5O2/c29-22-9-7-19(8-10-22)15-20-11-13-34(14-12-20)18-25-24(27(31)35)5-2-6-26(25)33-28(36)32-23-4-1-3-21(16-23)17-30/h1-10,16,20H,11-15,18H2,(H2,31,35)(H2,32,33,36). The van der Waals surface area contributed by atoms with E-state index in [1.165, 1.54) is 12.1 Å². The third-order valence-electron chi connectivity index (χ3n) is 6.47. The summed E-state index contributed by atoms with van der Waals surface area (Å²) in [6.45, 7) is 2.15. The van der Waals surface area contributed by atoms with Crippen LogP contribution in [-0.2, 0) is 13.0 Å². The molecule has 1 heterocycles. The van der Waals surface area contributed by atoms with E-state index in [0.29, 0.717) is 40.5 Å². The molecular formula is C28H28FN5O2. The number of hydrogen-bond donors (Lipinski definition) is 3. The number of carbonyl (C=O) groups is 2. The molecule has 0 spiro atoms. The van der Waals surface area contributed by atoms with Gasteiger partial charge in [0.15, 0.2) is 0 Å². The summed E-state index contributed by atoms with van der Waals surface area (Å²) in [5.41, 5.74) is 9.25. The highest BCUT2D eigenvalue weighted by molar-refractivity contribution is 6.02. The number of rotatable bonds is 7. The molecular weight excluding hydrogens is 457 g/mol. The molecule has 1 aliphatic heterocycles. The van der Waals surface area contributed by atoms with Gasteiger partial charge in [-0.15, -0.1) is 0 Å². The Morgan fingerprint density at radius 2 is 1.75 bits per heavy atom. The van der Waals surface area contributed by atoms with Gasteiger partial charge in [-0.2, -0.15) is 5.26 Å². The van der Waals surface area contributed by atoms with Crippen LogP contribution in [0, 0.1) is 23.1 Å². The van der Waals surface area contributed by atoms with E-state index in [0.717, 1.165) is 37.9 Å². The number of primary amides is 1. The van der Waals surface area contributed by atoms with E-state index in [2.05, 4.69) is 15.5 Å². The fourth-order valence-corrected chi connectivity index (χ4v) is 4.58. The number of urea groups is 1. The van der Waals surface area contributed by atoms with Crippen LogP contribution in [0.4, 0.5) is 20.6 Å². The number of nitrogens with zero attached hydrogens (tertiary/aromatic N) is 2. The van der Waals surface area contributed by atoms with Gasteiger partial charge in [-0.25, -0.2) is 9.18 Å². The summed E-state index contributed by atoms with van der Waals surface area (Å²) in [6, 6.07) is 19.9. The Labute approximate surface area is 209 Å². The van der Waals surface area contributed by atoms with Gasteiger partial charge in [0, 0.05) is 29.0 Å². The quantitative estimate of drug-likeness (QED) is 0.442. The fraction of sp³-hybridized carbons (Fsp3) is 0.250. The number of carbonyl (C=O) groups excluding carboxylic acids is 2. The van der Waals surface area contributed by atoms with Crippen molar-refractivity contribution in [3.05, 3.63) is 94.8 Å². The molecule has 0 aliphatic carbocycles. The highest BCUT2D eigenvalue weighted by Crippen LogP contribution is 2.27. The van der Waals surface area contributed by atoms with Crippen molar-refractivity contribution in [2.75, 3.05) is 23.7 Å². The number of amides is 3. The summed E-state index contributed by atoms with van der Waals surface area (Å²) in [4.78, 5) is 27.1. The molecule has 4 N–H and O–H groups in total. The lowest BCUT2D eigenvalue weighted by Crippen LogP contribution is -2.35. The molecule has 3 aromatic rings. The van der Waals surface area contributed by atoms with Crippen LogP contribution in [0.3, 0.4) is 0 Å². The summed E-state index contributed by atoms with van der Waals surface area (Å²) in [5, 5.41) is 14.6. The van der Waals surface area contributed by atoms with Crippen molar-refractivity contribution in [2.45, 2.75) is 25.8 Å². The van der Waals surface area contributed by atoms with Crippen LogP contribution in [-0.4, -0.2) is 29.9 Å². The topological polar surface area (TPSA) is 111 Å². The third kappa shape index (κ3) is 6.46. The number of benzene rings is 3. The minimum Gasteiger partial charge on any atom is -0.366 e. The van der Waals surface area contributed by atoms with Crippen molar-refractivity contribution in [1.82, 2.24) is 4.90 Å². The van der Waals surface area contributed by atoms with Gasteiger partial charge in [0.25, 0.3) is 0 Å². The molecule has 8 heteroatoms. The van der Waals surface area contributed by atoms with Crippen LogP contribution < -0.4 is 16.4 Å². The van der Waals surface area contributed by atoms with Gasteiger partial charge in [0.2, 0.25) is 5.91 Å². The van der Waals surface area contributed by atoms with Crippen molar-refractivity contribution in [3.8, 4) is 6.07 Å². The Morgan fingerprint density at radius 3 is 2.44 bits per heavy atom. The van der Waals surface area contributed by atoms with Gasteiger partial charge in [0.05, 0.1) is 11.6 Å². The van der Waals surface area contributed by atoms with Crippen molar-refractivity contribution in [3.63, 3.8) is 0 Å². The second-order valence-electron chi connectivity index (χ2n) is 9.02. The Balaban J connectivity index is 1.42. The van der Waals surface area contributed by atoms with Crippen LogP contribution in [0.1, 0.15) is 39.9 Å². The number of likely N-dealkylation sites (tertiary alicyclic amines) is 1. The first-order valence-corrected chi connectivity index (χ1v) is 11.9. The van der Waals surface area contributed by atoms with E-state index >= 15 is 0 Å². The van der Waals surface area contributed by atoms with Crippen LogP contribution in [0.2, 0.25) is 0 Å². The van der Waals surface area contributed by atoms with Gasteiger partial charge in [-0.3, -0.25) is 9.69 Å². The van der Waals surface area contributed by atoms with Gasteiger partial charge >= 0.3 is 6.03 Å². The molecule has 184 valence electrons. The number of hydrogen-bond acceptors (Lipinski definition) is 4. The van der Waals surface area contributed by atoms with Crippen LogP contribution in [0.25, 0.3) is 0 Å². The molecule has 0 atom stereocenters. The van der Waals surface area contributed by atoms with Crippen molar-refractivity contribution >= 4 is 23.3 Å². The summed E-state index contributed by atoms with van der Waals surface area (Å²) >= 11 is 0. The highest BCUT2D eigenvalue weighted by atomic mass is 19.1. The zero-order chi connectivity index (χ0) is 25.5. The Morgan fingerprint density at radius 1 is 1.03 bits per heavy atom. The van der Waals surface area contributed by atoms with Gasteiger partial charge in [-0.1, -0.05) is 24.3 Å². The second kappa shape index (κ2) is 11.5. The molecule has 1 fully saturated rings. The first-order valence-electron chi connectivity index (χ1n) is 11.9. The van der Waals surface area contributed by atoms with Crippen molar-refractivity contribution in [2.24, 2.45) is 11.7 Å². The van der Waals surface area contributed by atoms with E-state index in [-0.39, 0.29) is 5.82 Å². The van der Waals surface area contributed by atoms with E-state index in [9.17, 15) is 14.0 Å². The first-order chi connectivity index (χ1) is 17.4. The number of anilines is 2. The molecule has 0 saturated carbocycles. The molecule has 1 aliphatic rings. The minimum absolute atomic E-state index is 0.226. The maximum absolute atomic E-state index is 13.2. The summed E-state index contributed by atoms with van der Waals surface area (Å²) in [5.74, 6) is -0.275. The fourth-order valence-electron chi connectivity index (χ4n) is 4.58. The Hall–Kier alpha value is -4.22. The minimum atomic E-state index is -0.554. The van der Waals surface area contributed by atoms with E-state index in [1.54, 1.807) is 42.5 Å². The number of halogens is 1. The number of nitrogens with one attached hydrogen (secondary N) is 2. The normalized spacial score (nSPS) is 14.1. The van der Waals surface area contributed by atoms with E-state index in [4.69, 9.17) is 11.0 Å². The molecule has 36 heavy (non-hydrogen) atoms. The third-order valence-corrected chi connectivity index (χ3v) is 6.47. The zero-order valence-electron chi connectivity index (χ0n) is 19.8. The molecule has 3 amide bonds. The van der Waals surface area contributed by atoms with E-state index < -0.39 is 11.9 Å². The van der Waals surface area contributed by atoms with Crippen molar-refractivity contribution in [1.29, 1.82) is 5.26 Å². The maximum atomic E-state index is 13.2. The highest BCUT2D eigenvalue weighted by Gasteiger charge is 2.23. The molecule has 4 rings (SSSR count). The summed E-state index contributed by atoms with van der Waals surface area (Å²) in [7, 11) is 0. The largest absolute Gasteiger partial charge is 0.366 e. The van der Waals surface area contributed by atoms with Gasteiger partial charge in [0.1, 0.15) is 5.82 Å². The van der Waals surface area contributed by atoms with Gasteiger partial charge in [-0.05, 0) is 86.3 Å². The molecule has 0 aromatic heterocycles. The predicted octanol–water partition coefficient (Wildman–Crippen LogP) is 4.89. The number of nitrogens with two attached hydrogens (primary N) is 1. The lowest BCUT2D eigenvalue weighted by Gasteiger charge is -2.33. The lowest BCUT2D eigenvalue weighted by atomic mass is 9.90. The molecule has 0 unspecified atom stereocenters. The SMILES string of the molecule is N#Cc1cccc(NC(=O)Nc2cccc(C(N)=O)c2CN2CCC(Cc3ccc(F)cc3)CC2)c1. The smallest absolute Gasteiger partial charge is 0.323 e. The number of piperidine rings is 1. The summed E-state index contributed by atoms with van der Waals surface area (Å²) < 4.78 is 13.2. The molecule has 7 nitrogen and oxygen atoms in total. The van der Waals surface area contributed by atoms with Crippen LogP contribution >= 0.6 is 0 Å². The molecule has 0 radical (unpaired) electrons. The van der Waals surface area contributed by atoms with Crippen LogP contribution in [0.15, 0.2) is 66.7 Å². The average molecular weight is 486 g/mol. The first kappa shape index (κ1) is 24.9. The van der Waals surface area contributed by atoms with Crippen LogP contribution in [0.5, 0.6) is 0 Å². The summed E-state index contributed by atoms with van der Waals surface area (Å²) in [6.07, 6.45) is 2.87. The number of nitriles is 1. The molecule has 1 saturated heterocycles. The van der Waals surface area contributed by atoms with E-state index in [1.807, 2.05) is 18.2 Å². The zero-order valence-corrected chi connectivity index (χ0v) is 19.8. The second-order valence-corrected chi connectivity index (χ2v) is 9.02. The lowest BCUT2D eigenvalue weighted by molar-refractivity contribution is 0.0997. The van der Waals surface area contributed by atoms with Gasteiger partial charge < -0.3 is 16.4 Å². The van der Waals surface area contributed by atoms with Crippen molar-refractivity contribution < 1.29 is 14.0 Å². The maximum Gasteiger partial charge on any atom is 0.323 e. The Kier molecular flexibility index (Phi) is 7.93. The predicted molar refractivity (Wildman–Crippen MR) is 137 cm³/mol. The Bertz CT molecular complexity index is 1280. The average Bonchev–Trinajstić information content (AvgIpc) is 2.87. The molecule has 3 aromatic carbocycles. The molecule has 0 bridgehead atoms.